The van der Waals surface area contributed by atoms with Gasteiger partial charge in [-0.05, 0) is 18.2 Å². The second kappa shape index (κ2) is 7.49. The molecule has 0 saturated carbocycles. The van der Waals surface area contributed by atoms with Crippen molar-refractivity contribution in [2.24, 2.45) is 5.10 Å². The first-order chi connectivity index (χ1) is 11.8. The summed E-state index contributed by atoms with van der Waals surface area (Å²) in [4.78, 5) is 31.8. The Morgan fingerprint density at radius 2 is 1.92 bits per heavy atom. The molecule has 0 radical (unpaired) electrons. The SMILES string of the molecule is O=C(N/N=C/c1cc([N+](=O)[O-])cc([N+](=O)[O-])c1O)c1cccc(Br)c1. The molecule has 0 bridgehead atoms. The number of aromatic hydroxyl groups is 1. The maximum Gasteiger partial charge on any atom is 0.318 e. The summed E-state index contributed by atoms with van der Waals surface area (Å²) in [5, 5.41) is 35.0. The molecule has 10 nitrogen and oxygen atoms in total. The molecule has 1 amide bonds. The van der Waals surface area contributed by atoms with Crippen molar-refractivity contribution in [2.75, 3.05) is 0 Å². The molecule has 128 valence electrons. The van der Waals surface area contributed by atoms with Gasteiger partial charge in [-0.25, -0.2) is 5.43 Å². The zero-order valence-electron chi connectivity index (χ0n) is 12.2. The normalized spacial score (nSPS) is 10.6. The summed E-state index contributed by atoms with van der Waals surface area (Å²) in [6.45, 7) is 0. The highest BCUT2D eigenvalue weighted by molar-refractivity contribution is 9.10. The number of nitrogens with zero attached hydrogens (tertiary/aromatic N) is 3. The molecule has 25 heavy (non-hydrogen) atoms. The number of rotatable bonds is 5. The molecule has 0 heterocycles. The van der Waals surface area contributed by atoms with Crippen LogP contribution in [0.5, 0.6) is 5.75 Å². The van der Waals surface area contributed by atoms with Crippen molar-refractivity contribution in [3.63, 3.8) is 0 Å². The van der Waals surface area contributed by atoms with Crippen LogP contribution in [0.2, 0.25) is 0 Å². The summed E-state index contributed by atoms with van der Waals surface area (Å²) < 4.78 is 0.677. The van der Waals surface area contributed by atoms with Crippen LogP contribution in [0.15, 0.2) is 46.0 Å². The van der Waals surface area contributed by atoms with Gasteiger partial charge >= 0.3 is 5.69 Å². The molecule has 0 aliphatic carbocycles. The van der Waals surface area contributed by atoms with Gasteiger partial charge in [0.25, 0.3) is 11.6 Å². The zero-order valence-corrected chi connectivity index (χ0v) is 13.8. The molecule has 2 rings (SSSR count). The van der Waals surface area contributed by atoms with Crippen molar-refractivity contribution < 1.29 is 19.7 Å². The van der Waals surface area contributed by atoms with Crippen molar-refractivity contribution in [1.82, 2.24) is 5.43 Å². The third-order valence-electron chi connectivity index (χ3n) is 2.97. The summed E-state index contributed by atoms with van der Waals surface area (Å²) in [5.74, 6) is -1.37. The van der Waals surface area contributed by atoms with Crippen molar-refractivity contribution in [2.45, 2.75) is 0 Å². The van der Waals surface area contributed by atoms with Gasteiger partial charge in [0.05, 0.1) is 27.7 Å². The smallest absolute Gasteiger partial charge is 0.318 e. The number of carbonyl (C=O) groups is 1. The number of phenols is 1. The second-order valence-corrected chi connectivity index (χ2v) is 5.54. The highest BCUT2D eigenvalue weighted by Crippen LogP contribution is 2.33. The Morgan fingerprint density at radius 3 is 2.52 bits per heavy atom. The summed E-state index contributed by atoms with van der Waals surface area (Å²) in [7, 11) is 0. The van der Waals surface area contributed by atoms with Crippen LogP contribution in [0, 0.1) is 20.2 Å². The number of nitrogens with one attached hydrogen (secondary N) is 1. The Balaban J connectivity index is 2.27. The summed E-state index contributed by atoms with van der Waals surface area (Å²) in [6.07, 6.45) is 0.880. The van der Waals surface area contributed by atoms with Crippen molar-refractivity contribution in [3.8, 4) is 5.75 Å². The molecule has 2 N–H and O–H groups in total. The summed E-state index contributed by atoms with van der Waals surface area (Å²) in [5.41, 5.74) is 0.736. The van der Waals surface area contributed by atoms with Gasteiger partial charge in [0.2, 0.25) is 5.75 Å². The van der Waals surface area contributed by atoms with Gasteiger partial charge < -0.3 is 5.11 Å². The summed E-state index contributed by atoms with van der Waals surface area (Å²) >= 11 is 3.21. The number of nitro benzene ring substituents is 2. The van der Waals surface area contributed by atoms with Crippen LogP contribution >= 0.6 is 15.9 Å². The van der Waals surface area contributed by atoms with E-state index in [9.17, 15) is 30.1 Å². The van der Waals surface area contributed by atoms with E-state index in [2.05, 4.69) is 26.5 Å². The minimum Gasteiger partial charge on any atom is -0.502 e. The Bertz CT molecular complexity index is 899. The van der Waals surface area contributed by atoms with Gasteiger partial charge in [-0.3, -0.25) is 25.0 Å². The molecular weight excluding hydrogens is 400 g/mol. The van der Waals surface area contributed by atoms with E-state index < -0.39 is 32.9 Å². The molecule has 0 saturated heterocycles. The van der Waals surface area contributed by atoms with Gasteiger partial charge in [0, 0.05) is 16.1 Å². The van der Waals surface area contributed by atoms with Gasteiger partial charge in [0.1, 0.15) is 0 Å². The van der Waals surface area contributed by atoms with Gasteiger partial charge in [-0.15, -0.1) is 0 Å². The largest absolute Gasteiger partial charge is 0.502 e. The number of non-ortho nitro benzene ring substituents is 1. The number of hydrazone groups is 1. The van der Waals surface area contributed by atoms with E-state index in [0.717, 1.165) is 12.3 Å². The molecular formula is C14H9BrN4O6. The Kier molecular flexibility index (Phi) is 5.39. The van der Waals surface area contributed by atoms with Crippen LogP contribution in [0.25, 0.3) is 0 Å². The lowest BCUT2D eigenvalue weighted by Gasteiger charge is -2.02. The Hall–Kier alpha value is -3.34. The number of carbonyl (C=O) groups excluding carboxylic acids is 1. The lowest BCUT2D eigenvalue weighted by atomic mass is 10.1. The maximum atomic E-state index is 11.9. The first-order valence-electron chi connectivity index (χ1n) is 6.54. The van der Waals surface area contributed by atoms with E-state index in [1.54, 1.807) is 18.2 Å². The van der Waals surface area contributed by atoms with Crippen LogP contribution < -0.4 is 5.43 Å². The van der Waals surface area contributed by atoms with E-state index in [-0.39, 0.29) is 5.56 Å². The highest BCUT2D eigenvalue weighted by atomic mass is 79.9. The first kappa shape index (κ1) is 18.0. The van der Waals surface area contributed by atoms with Crippen molar-refractivity contribution in [1.29, 1.82) is 0 Å². The van der Waals surface area contributed by atoms with E-state index in [4.69, 9.17) is 0 Å². The van der Waals surface area contributed by atoms with Gasteiger partial charge in [-0.1, -0.05) is 22.0 Å². The molecule has 0 fully saturated rings. The van der Waals surface area contributed by atoms with E-state index >= 15 is 0 Å². The third kappa shape index (κ3) is 4.35. The average Bonchev–Trinajstić information content (AvgIpc) is 2.55. The molecule has 11 heteroatoms. The predicted molar refractivity (Wildman–Crippen MR) is 90.6 cm³/mol. The lowest BCUT2D eigenvalue weighted by Crippen LogP contribution is -2.17. The molecule has 0 atom stereocenters. The lowest BCUT2D eigenvalue weighted by molar-refractivity contribution is -0.394. The zero-order chi connectivity index (χ0) is 18.6. The van der Waals surface area contributed by atoms with Gasteiger partial charge in [-0.2, -0.15) is 5.10 Å². The molecule has 0 aromatic heterocycles. The third-order valence-corrected chi connectivity index (χ3v) is 3.46. The number of hydrogen-bond acceptors (Lipinski definition) is 7. The summed E-state index contributed by atoms with van der Waals surface area (Å²) in [6, 6.07) is 7.97. The van der Waals surface area contributed by atoms with E-state index in [1.165, 1.54) is 6.07 Å². The fourth-order valence-electron chi connectivity index (χ4n) is 1.82. The fourth-order valence-corrected chi connectivity index (χ4v) is 2.22. The van der Waals surface area contributed by atoms with Crippen LogP contribution in [0.1, 0.15) is 15.9 Å². The van der Waals surface area contributed by atoms with Gasteiger partial charge in [0.15, 0.2) is 0 Å². The number of halogens is 1. The number of hydrogen-bond donors (Lipinski definition) is 2. The standard InChI is InChI=1S/C14H9BrN4O6/c15-10-3-1-2-8(4-10)14(21)17-16-7-9-5-11(18(22)23)6-12(13(9)20)19(24)25/h1-7,20H,(H,17,21)/b16-7+. The van der Waals surface area contributed by atoms with E-state index in [0.29, 0.717) is 16.1 Å². The van der Waals surface area contributed by atoms with Crippen LogP contribution in [0.3, 0.4) is 0 Å². The van der Waals surface area contributed by atoms with Crippen molar-refractivity contribution in [3.05, 3.63) is 72.2 Å². The number of benzene rings is 2. The number of nitro groups is 2. The monoisotopic (exact) mass is 408 g/mol. The van der Waals surface area contributed by atoms with Crippen LogP contribution in [-0.4, -0.2) is 27.1 Å². The maximum absolute atomic E-state index is 11.9. The minimum atomic E-state index is -0.959. The van der Waals surface area contributed by atoms with Crippen LogP contribution in [-0.2, 0) is 0 Å². The highest BCUT2D eigenvalue weighted by Gasteiger charge is 2.23. The number of phenolic OH excluding ortho intramolecular Hbond substituents is 1. The second-order valence-electron chi connectivity index (χ2n) is 4.63. The molecule has 2 aromatic carbocycles. The van der Waals surface area contributed by atoms with Crippen LogP contribution in [0.4, 0.5) is 11.4 Å². The number of amides is 1. The minimum absolute atomic E-state index is 0.282. The van der Waals surface area contributed by atoms with E-state index in [1.807, 2.05) is 0 Å². The quantitative estimate of drug-likeness (QED) is 0.441. The molecule has 0 aliphatic heterocycles. The topological polar surface area (TPSA) is 148 Å². The Morgan fingerprint density at radius 1 is 1.20 bits per heavy atom. The molecule has 0 unspecified atom stereocenters. The molecule has 0 aliphatic rings. The Labute approximate surface area is 148 Å². The molecule has 0 spiro atoms. The average molecular weight is 409 g/mol. The molecule has 2 aromatic rings. The first-order valence-corrected chi connectivity index (χ1v) is 7.33. The fraction of sp³-hybridized carbons (Fsp3) is 0. The predicted octanol–water partition coefficient (Wildman–Crippen LogP) is 2.74. The van der Waals surface area contributed by atoms with Crippen molar-refractivity contribution >= 4 is 39.4 Å².